The van der Waals surface area contributed by atoms with Crippen molar-refractivity contribution in [3.05, 3.63) is 53.3 Å². The van der Waals surface area contributed by atoms with Gasteiger partial charge in [0.2, 0.25) is 0 Å². The lowest BCUT2D eigenvalue weighted by molar-refractivity contribution is -0.134. The zero-order chi connectivity index (χ0) is 19.2. The van der Waals surface area contributed by atoms with Crippen LogP contribution in [-0.2, 0) is 9.53 Å². The van der Waals surface area contributed by atoms with Gasteiger partial charge in [0.1, 0.15) is 10.9 Å². The number of ether oxygens (including phenoxy) is 2. The molecule has 0 spiro atoms. The predicted molar refractivity (Wildman–Crippen MR) is 101 cm³/mol. The highest BCUT2D eigenvalue weighted by Crippen LogP contribution is 2.28. The van der Waals surface area contributed by atoms with Gasteiger partial charge in [0.05, 0.1) is 18.4 Å². The fourth-order valence-corrected chi connectivity index (χ4v) is 3.09. The maximum atomic E-state index is 12.3. The van der Waals surface area contributed by atoms with Crippen molar-refractivity contribution in [2.75, 3.05) is 44.8 Å². The minimum Gasteiger partial charge on any atom is -0.495 e. The zero-order valence-electron chi connectivity index (χ0n) is 14.9. The molecule has 0 radical (unpaired) electrons. The normalized spacial score (nSPS) is 14.0. The van der Waals surface area contributed by atoms with Crippen molar-refractivity contribution in [3.63, 3.8) is 0 Å². The van der Waals surface area contributed by atoms with Gasteiger partial charge in [0.25, 0.3) is 5.91 Å². The first-order valence-corrected chi connectivity index (χ1v) is 8.90. The number of halogens is 1. The number of amides is 1. The Morgan fingerprint density at radius 2 is 1.89 bits per heavy atom. The zero-order valence-corrected chi connectivity index (χ0v) is 15.7. The molecule has 3 rings (SSSR count). The number of carbonyl (C=O) groups is 2. The number of methoxy groups -OCH3 is 1. The second-order valence-corrected chi connectivity index (χ2v) is 6.37. The highest BCUT2D eigenvalue weighted by molar-refractivity contribution is 6.29. The Morgan fingerprint density at radius 3 is 2.59 bits per heavy atom. The summed E-state index contributed by atoms with van der Waals surface area (Å²) >= 11 is 5.75. The summed E-state index contributed by atoms with van der Waals surface area (Å²) in [4.78, 5) is 32.0. The summed E-state index contributed by atoms with van der Waals surface area (Å²) in [7, 11) is 1.64. The molecule has 27 heavy (non-hydrogen) atoms. The topological polar surface area (TPSA) is 72.0 Å². The first-order chi connectivity index (χ1) is 13.1. The third-order valence-corrected chi connectivity index (χ3v) is 4.55. The molecule has 7 nitrogen and oxygen atoms in total. The fraction of sp³-hybridized carbons (Fsp3) is 0.316. The quantitative estimate of drug-likeness (QED) is 0.577. The molecule has 1 fully saturated rings. The number of pyridine rings is 1. The van der Waals surface area contributed by atoms with E-state index in [4.69, 9.17) is 21.1 Å². The predicted octanol–water partition coefficient (Wildman–Crippen LogP) is 2.25. The van der Waals surface area contributed by atoms with Gasteiger partial charge in [-0.15, -0.1) is 0 Å². The van der Waals surface area contributed by atoms with Crippen LogP contribution in [0.15, 0.2) is 42.6 Å². The molecule has 0 aliphatic carbocycles. The first-order valence-electron chi connectivity index (χ1n) is 8.53. The van der Waals surface area contributed by atoms with Crippen LogP contribution in [0.2, 0.25) is 5.15 Å². The summed E-state index contributed by atoms with van der Waals surface area (Å²) in [5, 5.41) is 0.197. The molecule has 0 atom stereocenters. The number of para-hydroxylation sites is 2. The van der Waals surface area contributed by atoms with Crippen LogP contribution in [0.4, 0.5) is 5.69 Å². The average Bonchev–Trinajstić information content (AvgIpc) is 2.71. The maximum Gasteiger partial charge on any atom is 0.338 e. The van der Waals surface area contributed by atoms with Crippen LogP contribution in [-0.4, -0.2) is 61.7 Å². The lowest BCUT2D eigenvalue weighted by Crippen LogP contribution is -2.50. The van der Waals surface area contributed by atoms with Crippen LogP contribution >= 0.6 is 11.6 Å². The summed E-state index contributed by atoms with van der Waals surface area (Å²) in [6, 6.07) is 10.7. The lowest BCUT2D eigenvalue weighted by atomic mass is 10.2. The van der Waals surface area contributed by atoms with Crippen molar-refractivity contribution in [3.8, 4) is 5.75 Å². The molecule has 2 heterocycles. The molecule has 1 aromatic heterocycles. The highest BCUT2D eigenvalue weighted by atomic mass is 35.5. The van der Waals surface area contributed by atoms with Crippen LogP contribution in [0.25, 0.3) is 0 Å². The van der Waals surface area contributed by atoms with E-state index in [1.54, 1.807) is 12.0 Å². The second kappa shape index (κ2) is 8.73. The summed E-state index contributed by atoms with van der Waals surface area (Å²) in [5.41, 5.74) is 1.27. The van der Waals surface area contributed by atoms with Crippen molar-refractivity contribution < 1.29 is 19.1 Å². The third kappa shape index (κ3) is 4.68. The maximum absolute atomic E-state index is 12.3. The number of piperazine rings is 1. The van der Waals surface area contributed by atoms with Gasteiger partial charge in [0, 0.05) is 32.4 Å². The Hall–Kier alpha value is -2.80. The molecule has 0 unspecified atom stereocenters. The van der Waals surface area contributed by atoms with Gasteiger partial charge in [-0.25, -0.2) is 9.78 Å². The molecule has 0 N–H and O–H groups in total. The number of carbonyl (C=O) groups excluding carboxylic acids is 2. The van der Waals surface area contributed by atoms with Gasteiger partial charge in [-0.3, -0.25) is 4.79 Å². The van der Waals surface area contributed by atoms with E-state index in [9.17, 15) is 9.59 Å². The van der Waals surface area contributed by atoms with E-state index in [-0.39, 0.29) is 23.2 Å². The summed E-state index contributed by atoms with van der Waals surface area (Å²) < 4.78 is 10.5. The van der Waals surface area contributed by atoms with Gasteiger partial charge in [-0.2, -0.15) is 0 Å². The molecule has 1 saturated heterocycles. The van der Waals surface area contributed by atoms with Crippen LogP contribution < -0.4 is 9.64 Å². The van der Waals surface area contributed by atoms with Crippen LogP contribution in [0.3, 0.4) is 0 Å². The minimum atomic E-state index is -0.597. The molecular weight excluding hydrogens is 370 g/mol. The number of hydrogen-bond donors (Lipinski definition) is 0. The lowest BCUT2D eigenvalue weighted by Gasteiger charge is -2.36. The molecular formula is C19H20ClN3O4. The van der Waals surface area contributed by atoms with E-state index < -0.39 is 5.97 Å². The highest BCUT2D eigenvalue weighted by Gasteiger charge is 2.23. The van der Waals surface area contributed by atoms with Crippen molar-refractivity contribution in [1.82, 2.24) is 9.88 Å². The van der Waals surface area contributed by atoms with E-state index in [1.165, 1.54) is 18.3 Å². The van der Waals surface area contributed by atoms with Gasteiger partial charge in [0.15, 0.2) is 6.61 Å². The number of nitrogens with zero attached hydrogens (tertiary/aromatic N) is 3. The number of esters is 1. The molecule has 2 aromatic rings. The molecule has 1 aromatic carbocycles. The Morgan fingerprint density at radius 1 is 1.15 bits per heavy atom. The first kappa shape index (κ1) is 19.0. The van der Waals surface area contributed by atoms with Crippen LogP contribution in [0.5, 0.6) is 5.75 Å². The molecule has 8 heteroatoms. The molecule has 0 saturated carbocycles. The monoisotopic (exact) mass is 389 g/mol. The van der Waals surface area contributed by atoms with Gasteiger partial charge in [-0.1, -0.05) is 23.7 Å². The van der Waals surface area contributed by atoms with E-state index in [0.29, 0.717) is 26.2 Å². The number of rotatable bonds is 5. The van der Waals surface area contributed by atoms with Crippen LogP contribution in [0, 0.1) is 0 Å². The van der Waals surface area contributed by atoms with Crippen LogP contribution in [0.1, 0.15) is 10.4 Å². The SMILES string of the molecule is COc1ccccc1N1CCN(C(=O)COC(=O)c2ccnc(Cl)c2)CC1. The number of anilines is 1. The summed E-state index contributed by atoms with van der Waals surface area (Å²) in [6.45, 7) is 2.17. The van der Waals surface area contributed by atoms with Crippen molar-refractivity contribution >= 4 is 29.2 Å². The van der Waals surface area contributed by atoms with Gasteiger partial charge >= 0.3 is 5.97 Å². The summed E-state index contributed by atoms with van der Waals surface area (Å²) in [6.07, 6.45) is 1.41. The average molecular weight is 390 g/mol. The van der Waals surface area contributed by atoms with Crippen molar-refractivity contribution in [2.24, 2.45) is 0 Å². The molecule has 0 bridgehead atoms. The number of aromatic nitrogens is 1. The fourth-order valence-electron chi connectivity index (χ4n) is 2.92. The molecule has 1 aliphatic heterocycles. The summed E-state index contributed by atoms with van der Waals surface area (Å²) in [5.74, 6) is -0.00861. The minimum absolute atomic E-state index is 0.197. The van der Waals surface area contributed by atoms with E-state index in [1.807, 2.05) is 24.3 Å². The largest absolute Gasteiger partial charge is 0.495 e. The van der Waals surface area contributed by atoms with E-state index >= 15 is 0 Å². The van der Waals surface area contributed by atoms with Gasteiger partial charge < -0.3 is 19.3 Å². The molecule has 1 amide bonds. The Kier molecular flexibility index (Phi) is 6.13. The van der Waals surface area contributed by atoms with E-state index in [0.717, 1.165) is 11.4 Å². The molecule has 1 aliphatic rings. The third-order valence-electron chi connectivity index (χ3n) is 4.35. The standard InChI is InChI=1S/C19H20ClN3O4/c1-26-16-5-3-2-4-15(16)22-8-10-23(11-9-22)18(24)13-27-19(25)14-6-7-21-17(20)12-14/h2-7,12H,8-11,13H2,1H3. The Balaban J connectivity index is 1.50. The van der Waals surface area contributed by atoms with E-state index in [2.05, 4.69) is 9.88 Å². The van der Waals surface area contributed by atoms with Gasteiger partial charge in [-0.05, 0) is 24.3 Å². The Labute approximate surface area is 162 Å². The number of benzene rings is 1. The Bertz CT molecular complexity index is 822. The number of hydrogen-bond acceptors (Lipinski definition) is 6. The smallest absolute Gasteiger partial charge is 0.338 e. The van der Waals surface area contributed by atoms with Crippen molar-refractivity contribution in [2.45, 2.75) is 0 Å². The second-order valence-electron chi connectivity index (χ2n) is 5.98. The van der Waals surface area contributed by atoms with Crippen molar-refractivity contribution in [1.29, 1.82) is 0 Å². The molecule has 142 valence electrons.